The molecular formula is C42H28N4. The molecule has 3 heterocycles. The van der Waals surface area contributed by atoms with E-state index >= 15 is 0 Å². The van der Waals surface area contributed by atoms with E-state index < -0.39 is 0 Å². The van der Waals surface area contributed by atoms with Crippen molar-refractivity contribution < 1.29 is 0 Å². The third-order valence-electron chi connectivity index (χ3n) is 8.32. The second kappa shape index (κ2) is 12.0. The van der Waals surface area contributed by atoms with Gasteiger partial charge in [0.05, 0.1) is 11.4 Å². The molecule has 4 nitrogen and oxygen atoms in total. The van der Waals surface area contributed by atoms with Gasteiger partial charge in [-0.05, 0) is 74.5 Å². The molecule has 5 aromatic carbocycles. The molecule has 0 atom stereocenters. The summed E-state index contributed by atoms with van der Waals surface area (Å²) in [6.45, 7) is 0. The lowest BCUT2D eigenvalue weighted by Crippen LogP contribution is -1.96. The smallest absolute Gasteiger partial charge is 0.160 e. The Hall–Kier alpha value is -6.26. The molecule has 0 radical (unpaired) electrons. The van der Waals surface area contributed by atoms with Crippen LogP contribution in [-0.4, -0.2) is 19.9 Å². The van der Waals surface area contributed by atoms with Gasteiger partial charge in [0.2, 0.25) is 0 Å². The third kappa shape index (κ3) is 5.56. The maximum atomic E-state index is 5.08. The normalized spacial score (nSPS) is 11.0. The second-order valence-electron chi connectivity index (χ2n) is 11.2. The minimum atomic E-state index is 0.687. The third-order valence-corrected chi connectivity index (χ3v) is 8.32. The molecule has 3 aromatic heterocycles. The van der Waals surface area contributed by atoms with E-state index in [9.17, 15) is 0 Å². The number of hydrogen-bond donors (Lipinski definition) is 0. The van der Waals surface area contributed by atoms with Gasteiger partial charge in [-0.15, -0.1) is 0 Å². The highest BCUT2D eigenvalue weighted by atomic mass is 14.9. The maximum absolute atomic E-state index is 5.08. The Morgan fingerprint density at radius 2 is 0.826 bits per heavy atom. The number of fused-ring (bicyclic) bond motifs is 1. The van der Waals surface area contributed by atoms with Crippen LogP contribution in [0.1, 0.15) is 0 Å². The fourth-order valence-electron chi connectivity index (χ4n) is 5.80. The predicted octanol–water partition coefficient (Wildman–Crippen LogP) is 10.4. The molecule has 216 valence electrons. The van der Waals surface area contributed by atoms with Crippen LogP contribution in [0.4, 0.5) is 0 Å². The van der Waals surface area contributed by atoms with Gasteiger partial charge in [0, 0.05) is 41.5 Å². The molecule has 0 aliphatic heterocycles. The zero-order valence-corrected chi connectivity index (χ0v) is 25.0. The Balaban J connectivity index is 1.18. The number of pyridine rings is 2. The molecule has 0 unspecified atom stereocenters. The summed E-state index contributed by atoms with van der Waals surface area (Å²) in [7, 11) is 0. The zero-order chi connectivity index (χ0) is 30.7. The Morgan fingerprint density at radius 1 is 0.304 bits per heavy atom. The number of nitrogens with zero attached hydrogens (tertiary/aromatic N) is 4. The molecule has 0 aliphatic carbocycles. The predicted molar refractivity (Wildman–Crippen MR) is 188 cm³/mol. The highest BCUT2D eigenvalue weighted by Gasteiger charge is 2.12. The van der Waals surface area contributed by atoms with E-state index in [1.165, 1.54) is 16.3 Å². The van der Waals surface area contributed by atoms with E-state index in [-0.39, 0.29) is 0 Å². The average Bonchev–Trinajstić information content (AvgIpc) is 3.15. The van der Waals surface area contributed by atoms with Gasteiger partial charge in [0.15, 0.2) is 5.82 Å². The maximum Gasteiger partial charge on any atom is 0.160 e. The van der Waals surface area contributed by atoms with Crippen LogP contribution in [0.5, 0.6) is 0 Å². The average molecular weight is 589 g/mol. The minimum absolute atomic E-state index is 0.687. The second-order valence-corrected chi connectivity index (χ2v) is 11.2. The van der Waals surface area contributed by atoms with Gasteiger partial charge >= 0.3 is 0 Å². The Labute approximate surface area is 267 Å². The van der Waals surface area contributed by atoms with Crippen molar-refractivity contribution in [2.24, 2.45) is 0 Å². The number of hydrogen-bond acceptors (Lipinski definition) is 4. The summed E-state index contributed by atoms with van der Waals surface area (Å²) in [4.78, 5) is 18.6. The van der Waals surface area contributed by atoms with Crippen LogP contribution < -0.4 is 0 Å². The first kappa shape index (κ1) is 27.3. The van der Waals surface area contributed by atoms with Crippen molar-refractivity contribution in [3.8, 4) is 67.3 Å². The van der Waals surface area contributed by atoms with E-state index in [1.807, 2.05) is 36.8 Å². The standard InChI is InChI=1S/C42H28N4/c1-2-5-37-26-38(20-13-29(37)4-1)31-11-18-36(19-12-31)42-45-40(34-14-7-30(8-15-34)33-21-24-43-25-22-33)27-41(46-42)35-16-9-32(10-17-35)39-6-3-23-44-28-39/h1-28H. The van der Waals surface area contributed by atoms with Crippen LogP contribution in [0.2, 0.25) is 0 Å². The van der Waals surface area contributed by atoms with Gasteiger partial charge in [0.25, 0.3) is 0 Å². The quantitative estimate of drug-likeness (QED) is 0.194. The SMILES string of the molecule is c1cncc(-c2ccc(-c3cc(-c4ccc(-c5ccncc5)cc4)nc(-c4ccc(-c5ccc6ccccc6c5)cc4)n3)cc2)c1. The van der Waals surface area contributed by atoms with Gasteiger partial charge < -0.3 is 0 Å². The summed E-state index contributed by atoms with van der Waals surface area (Å²) >= 11 is 0. The first-order chi connectivity index (χ1) is 22.8. The van der Waals surface area contributed by atoms with Gasteiger partial charge in [-0.3, -0.25) is 9.97 Å². The van der Waals surface area contributed by atoms with E-state index in [0.717, 1.165) is 55.9 Å². The summed E-state index contributed by atoms with van der Waals surface area (Å²) in [5, 5.41) is 2.47. The highest BCUT2D eigenvalue weighted by Crippen LogP contribution is 2.32. The van der Waals surface area contributed by atoms with Crippen LogP contribution in [0.15, 0.2) is 170 Å². The minimum Gasteiger partial charge on any atom is -0.265 e. The molecule has 0 amide bonds. The van der Waals surface area contributed by atoms with Crippen molar-refractivity contribution in [2.75, 3.05) is 0 Å². The molecule has 0 saturated heterocycles. The van der Waals surface area contributed by atoms with Crippen LogP contribution >= 0.6 is 0 Å². The van der Waals surface area contributed by atoms with Crippen molar-refractivity contribution >= 4 is 10.8 Å². The van der Waals surface area contributed by atoms with Crippen molar-refractivity contribution in [1.29, 1.82) is 0 Å². The number of aromatic nitrogens is 4. The van der Waals surface area contributed by atoms with Crippen molar-refractivity contribution in [3.05, 3.63) is 170 Å². The topological polar surface area (TPSA) is 51.6 Å². The van der Waals surface area contributed by atoms with Crippen LogP contribution in [0.25, 0.3) is 78.1 Å². The summed E-state index contributed by atoms with van der Waals surface area (Å²) in [5.41, 5.74) is 11.6. The summed E-state index contributed by atoms with van der Waals surface area (Å²) in [6.07, 6.45) is 7.31. The highest BCUT2D eigenvalue weighted by molar-refractivity contribution is 5.87. The Bertz CT molecular complexity index is 2160. The summed E-state index contributed by atoms with van der Waals surface area (Å²) < 4.78 is 0. The first-order valence-electron chi connectivity index (χ1n) is 15.3. The molecule has 46 heavy (non-hydrogen) atoms. The van der Waals surface area contributed by atoms with Gasteiger partial charge in [-0.2, -0.15) is 0 Å². The number of benzene rings is 5. The molecule has 0 bridgehead atoms. The molecule has 8 rings (SSSR count). The van der Waals surface area contributed by atoms with Crippen molar-refractivity contribution in [2.45, 2.75) is 0 Å². The Morgan fingerprint density at radius 3 is 1.46 bits per heavy atom. The zero-order valence-electron chi connectivity index (χ0n) is 25.0. The van der Waals surface area contributed by atoms with Crippen molar-refractivity contribution in [3.63, 3.8) is 0 Å². The molecular weight excluding hydrogens is 560 g/mol. The molecule has 4 heteroatoms. The van der Waals surface area contributed by atoms with Crippen LogP contribution in [0, 0.1) is 0 Å². The molecule has 0 spiro atoms. The van der Waals surface area contributed by atoms with E-state index in [1.54, 1.807) is 6.20 Å². The van der Waals surface area contributed by atoms with Gasteiger partial charge in [-0.25, -0.2) is 9.97 Å². The largest absolute Gasteiger partial charge is 0.265 e. The van der Waals surface area contributed by atoms with Crippen LogP contribution in [-0.2, 0) is 0 Å². The lowest BCUT2D eigenvalue weighted by molar-refractivity contribution is 1.18. The first-order valence-corrected chi connectivity index (χ1v) is 15.3. The molecule has 8 aromatic rings. The summed E-state index contributed by atoms with van der Waals surface area (Å²) in [5.74, 6) is 0.687. The van der Waals surface area contributed by atoms with Gasteiger partial charge in [-0.1, -0.05) is 115 Å². The lowest BCUT2D eigenvalue weighted by atomic mass is 9.99. The summed E-state index contributed by atoms with van der Waals surface area (Å²) in [6, 6.07) is 50.7. The lowest BCUT2D eigenvalue weighted by Gasteiger charge is -2.11. The van der Waals surface area contributed by atoms with Gasteiger partial charge in [0.1, 0.15) is 0 Å². The number of rotatable bonds is 6. The monoisotopic (exact) mass is 588 g/mol. The fourth-order valence-corrected chi connectivity index (χ4v) is 5.80. The molecule has 0 fully saturated rings. The van der Waals surface area contributed by atoms with E-state index in [0.29, 0.717) is 5.82 Å². The molecule has 0 saturated carbocycles. The van der Waals surface area contributed by atoms with E-state index in [2.05, 4.69) is 137 Å². The van der Waals surface area contributed by atoms with Crippen LogP contribution in [0.3, 0.4) is 0 Å². The molecule has 0 N–H and O–H groups in total. The fraction of sp³-hybridized carbons (Fsp3) is 0. The molecule has 0 aliphatic rings. The van der Waals surface area contributed by atoms with Crippen molar-refractivity contribution in [1.82, 2.24) is 19.9 Å². The van der Waals surface area contributed by atoms with E-state index in [4.69, 9.17) is 9.97 Å². The Kier molecular flexibility index (Phi) is 7.14.